The van der Waals surface area contributed by atoms with Crippen LogP contribution in [0.4, 0.5) is 0 Å². The molecule has 4 nitrogen and oxygen atoms in total. The van der Waals surface area contributed by atoms with Crippen molar-refractivity contribution in [2.75, 3.05) is 13.2 Å². The molecule has 1 aliphatic heterocycles. The van der Waals surface area contributed by atoms with Gasteiger partial charge in [-0.05, 0) is 11.6 Å². The number of carbonyl (C=O) groups is 1. The van der Waals surface area contributed by atoms with Crippen molar-refractivity contribution in [1.82, 2.24) is 0 Å². The molecule has 18 heavy (non-hydrogen) atoms. The summed E-state index contributed by atoms with van der Waals surface area (Å²) in [7, 11) is 0. The van der Waals surface area contributed by atoms with Gasteiger partial charge in [0.1, 0.15) is 13.2 Å². The molecule has 1 aromatic rings. The molecule has 0 amide bonds. The van der Waals surface area contributed by atoms with Gasteiger partial charge in [-0.1, -0.05) is 25.4 Å². The second kappa shape index (κ2) is 4.69. The minimum absolute atomic E-state index is 0.00631. The number of benzene rings is 1. The second-order valence-corrected chi connectivity index (χ2v) is 5.34. The smallest absolute Gasteiger partial charge is 0.304 e. The first-order valence-corrected chi connectivity index (χ1v) is 6.09. The van der Waals surface area contributed by atoms with Crippen molar-refractivity contribution in [2.24, 2.45) is 0 Å². The summed E-state index contributed by atoms with van der Waals surface area (Å²) in [6.45, 7) is 4.69. The van der Waals surface area contributed by atoms with E-state index in [4.69, 9.17) is 26.2 Å². The molecule has 0 atom stereocenters. The molecule has 0 spiro atoms. The van der Waals surface area contributed by atoms with E-state index in [0.29, 0.717) is 29.7 Å². The molecule has 0 fully saturated rings. The lowest BCUT2D eigenvalue weighted by Crippen LogP contribution is -2.23. The van der Waals surface area contributed by atoms with Gasteiger partial charge < -0.3 is 14.6 Å². The molecule has 1 N–H and O–H groups in total. The lowest BCUT2D eigenvalue weighted by atomic mass is 9.81. The predicted octanol–water partition coefficient (Wildman–Crippen LogP) is 2.86. The Hall–Kier alpha value is -1.42. The Bertz CT molecular complexity index is 482. The van der Waals surface area contributed by atoms with Gasteiger partial charge in [0.05, 0.1) is 6.42 Å². The van der Waals surface area contributed by atoms with Gasteiger partial charge in [-0.2, -0.15) is 0 Å². The lowest BCUT2D eigenvalue weighted by Gasteiger charge is -2.27. The Morgan fingerprint density at radius 1 is 1.33 bits per heavy atom. The number of aliphatic carboxylic acids is 1. The maximum Gasteiger partial charge on any atom is 0.304 e. The summed E-state index contributed by atoms with van der Waals surface area (Å²) >= 11 is 6.20. The van der Waals surface area contributed by atoms with E-state index in [-0.39, 0.29) is 6.42 Å². The number of fused-ring (bicyclic) bond motifs is 1. The van der Waals surface area contributed by atoms with Gasteiger partial charge in [-0.15, -0.1) is 0 Å². The molecule has 0 saturated carbocycles. The maximum atomic E-state index is 10.9. The normalized spacial score (nSPS) is 14.4. The Balaban J connectivity index is 2.41. The van der Waals surface area contributed by atoms with Gasteiger partial charge in [-0.25, -0.2) is 0 Å². The van der Waals surface area contributed by atoms with Crippen LogP contribution in [-0.4, -0.2) is 24.3 Å². The topological polar surface area (TPSA) is 55.8 Å². The fraction of sp³-hybridized carbons (Fsp3) is 0.462. The number of hydrogen-bond donors (Lipinski definition) is 1. The van der Waals surface area contributed by atoms with Crippen molar-refractivity contribution in [1.29, 1.82) is 0 Å². The Morgan fingerprint density at radius 2 is 1.89 bits per heavy atom. The highest BCUT2D eigenvalue weighted by Crippen LogP contribution is 2.41. The molecule has 1 heterocycles. The van der Waals surface area contributed by atoms with Gasteiger partial charge in [-0.3, -0.25) is 4.79 Å². The van der Waals surface area contributed by atoms with Crippen LogP contribution in [-0.2, 0) is 10.2 Å². The van der Waals surface area contributed by atoms with Gasteiger partial charge in [0.25, 0.3) is 0 Å². The number of hydrogen-bond acceptors (Lipinski definition) is 3. The van der Waals surface area contributed by atoms with Gasteiger partial charge in [0, 0.05) is 16.5 Å². The molecule has 0 saturated heterocycles. The molecule has 0 bridgehead atoms. The van der Waals surface area contributed by atoms with Crippen LogP contribution in [0.25, 0.3) is 0 Å². The molecule has 1 aromatic carbocycles. The molecule has 0 unspecified atom stereocenters. The first-order valence-electron chi connectivity index (χ1n) is 5.71. The van der Waals surface area contributed by atoms with Crippen LogP contribution in [0.3, 0.4) is 0 Å². The highest BCUT2D eigenvalue weighted by Gasteiger charge is 2.28. The summed E-state index contributed by atoms with van der Waals surface area (Å²) in [5.41, 5.74) is 0.203. The molecular weight excluding hydrogens is 256 g/mol. The molecule has 2 rings (SSSR count). The van der Waals surface area contributed by atoms with Crippen molar-refractivity contribution in [3.63, 3.8) is 0 Å². The standard InChI is InChI=1S/C13H15ClO4/c1-13(2,7-12(15)16)8-5-10-11(6-9(8)14)18-4-3-17-10/h5-6H,3-4,7H2,1-2H3,(H,15,16). The minimum Gasteiger partial charge on any atom is -0.486 e. The number of carboxylic acid groups (broad SMARTS) is 1. The van der Waals surface area contributed by atoms with E-state index in [1.54, 1.807) is 12.1 Å². The summed E-state index contributed by atoms with van der Waals surface area (Å²) < 4.78 is 10.9. The third-order valence-electron chi connectivity index (χ3n) is 2.95. The van der Waals surface area contributed by atoms with Crippen LogP contribution in [0, 0.1) is 0 Å². The number of ether oxygens (including phenoxy) is 2. The summed E-state index contributed by atoms with van der Waals surface area (Å²) in [6.07, 6.45) is 0.00631. The summed E-state index contributed by atoms with van der Waals surface area (Å²) in [5.74, 6) is 0.381. The Kier molecular flexibility index (Phi) is 3.39. The fourth-order valence-corrected chi connectivity index (χ4v) is 2.47. The van der Waals surface area contributed by atoms with Crippen molar-refractivity contribution in [2.45, 2.75) is 25.7 Å². The monoisotopic (exact) mass is 270 g/mol. The van der Waals surface area contributed by atoms with E-state index in [1.807, 2.05) is 13.8 Å². The van der Waals surface area contributed by atoms with E-state index in [2.05, 4.69) is 0 Å². The third-order valence-corrected chi connectivity index (χ3v) is 3.27. The maximum absolute atomic E-state index is 10.9. The van der Waals surface area contributed by atoms with E-state index in [0.717, 1.165) is 5.56 Å². The second-order valence-electron chi connectivity index (χ2n) is 4.93. The highest BCUT2D eigenvalue weighted by atomic mass is 35.5. The van der Waals surface area contributed by atoms with Crippen LogP contribution >= 0.6 is 11.6 Å². The quantitative estimate of drug-likeness (QED) is 0.918. The first-order chi connectivity index (χ1) is 8.40. The Morgan fingerprint density at radius 3 is 2.44 bits per heavy atom. The van der Waals surface area contributed by atoms with Crippen LogP contribution in [0.2, 0.25) is 5.02 Å². The van der Waals surface area contributed by atoms with Crippen LogP contribution < -0.4 is 9.47 Å². The predicted molar refractivity (Wildman–Crippen MR) is 67.7 cm³/mol. The van der Waals surface area contributed by atoms with E-state index >= 15 is 0 Å². The lowest BCUT2D eigenvalue weighted by molar-refractivity contribution is -0.138. The number of rotatable bonds is 3. The van der Waals surface area contributed by atoms with Gasteiger partial charge in [0.2, 0.25) is 0 Å². The van der Waals surface area contributed by atoms with Gasteiger partial charge >= 0.3 is 5.97 Å². The van der Waals surface area contributed by atoms with Crippen molar-refractivity contribution >= 4 is 17.6 Å². The van der Waals surface area contributed by atoms with E-state index in [1.165, 1.54) is 0 Å². The number of carboxylic acids is 1. The summed E-state index contributed by atoms with van der Waals surface area (Å²) in [6, 6.07) is 3.47. The molecule has 1 aliphatic rings. The molecular formula is C13H15ClO4. The third kappa shape index (κ3) is 2.53. The van der Waals surface area contributed by atoms with E-state index in [9.17, 15) is 4.79 Å². The molecule has 0 radical (unpaired) electrons. The minimum atomic E-state index is -0.856. The average molecular weight is 271 g/mol. The van der Waals surface area contributed by atoms with Crippen molar-refractivity contribution in [3.8, 4) is 11.5 Å². The summed E-state index contributed by atoms with van der Waals surface area (Å²) in [5, 5.41) is 9.45. The fourth-order valence-electron chi connectivity index (χ4n) is 2.06. The first kappa shape index (κ1) is 13.0. The zero-order valence-corrected chi connectivity index (χ0v) is 11.1. The molecule has 98 valence electrons. The largest absolute Gasteiger partial charge is 0.486 e. The highest BCUT2D eigenvalue weighted by molar-refractivity contribution is 6.31. The van der Waals surface area contributed by atoms with Crippen LogP contribution in [0.5, 0.6) is 11.5 Å². The van der Waals surface area contributed by atoms with E-state index < -0.39 is 11.4 Å². The van der Waals surface area contributed by atoms with Crippen molar-refractivity contribution < 1.29 is 19.4 Å². The molecule has 0 aromatic heterocycles. The van der Waals surface area contributed by atoms with Crippen LogP contribution in [0.1, 0.15) is 25.8 Å². The SMILES string of the molecule is CC(C)(CC(=O)O)c1cc2c(cc1Cl)OCCO2. The molecule has 0 aliphatic carbocycles. The summed E-state index contributed by atoms with van der Waals surface area (Å²) in [4.78, 5) is 10.9. The average Bonchev–Trinajstić information content (AvgIpc) is 2.26. The van der Waals surface area contributed by atoms with Crippen molar-refractivity contribution in [3.05, 3.63) is 22.7 Å². The molecule has 5 heteroatoms. The van der Waals surface area contributed by atoms with Gasteiger partial charge in [0.15, 0.2) is 11.5 Å². The Labute approximate surface area is 110 Å². The van der Waals surface area contributed by atoms with Crippen LogP contribution in [0.15, 0.2) is 12.1 Å². The zero-order chi connectivity index (χ0) is 13.3. The number of halogens is 1. The zero-order valence-electron chi connectivity index (χ0n) is 10.3.